The van der Waals surface area contributed by atoms with Gasteiger partial charge in [-0.3, -0.25) is 0 Å². The first-order chi connectivity index (χ1) is 13.0. The molecule has 2 aromatic carbocycles. The van der Waals surface area contributed by atoms with E-state index >= 15 is 0 Å². The molecule has 5 nitrogen and oxygen atoms in total. The van der Waals surface area contributed by atoms with E-state index in [9.17, 15) is 9.90 Å². The van der Waals surface area contributed by atoms with E-state index in [4.69, 9.17) is 25.8 Å². The van der Waals surface area contributed by atoms with Gasteiger partial charge in [0.25, 0.3) is 0 Å². The van der Waals surface area contributed by atoms with Crippen LogP contribution in [0.4, 0.5) is 0 Å². The van der Waals surface area contributed by atoms with Gasteiger partial charge in [0, 0.05) is 0 Å². The van der Waals surface area contributed by atoms with Crippen LogP contribution < -0.4 is 14.2 Å². The van der Waals surface area contributed by atoms with Crippen molar-refractivity contribution in [3.63, 3.8) is 0 Å². The normalized spacial score (nSPS) is 11.2. The highest BCUT2D eigenvalue weighted by Gasteiger charge is 2.15. The molecule has 0 radical (unpaired) electrons. The number of benzene rings is 2. The summed E-state index contributed by atoms with van der Waals surface area (Å²) in [7, 11) is 3.08. The largest absolute Gasteiger partial charge is 0.497 e. The Bertz CT molecular complexity index is 812. The number of ether oxygens (including phenoxy) is 3. The lowest BCUT2D eigenvalue weighted by atomic mass is 10.0. The second kappa shape index (κ2) is 9.88. The van der Waals surface area contributed by atoms with Gasteiger partial charge in [0.1, 0.15) is 5.75 Å². The van der Waals surface area contributed by atoms with Gasteiger partial charge >= 0.3 is 5.97 Å². The number of unbranched alkanes of at least 4 members (excludes halogenated alkanes) is 1. The lowest BCUT2D eigenvalue weighted by Crippen LogP contribution is -2.01. The summed E-state index contributed by atoms with van der Waals surface area (Å²) in [6.07, 6.45) is 3.46. The summed E-state index contributed by atoms with van der Waals surface area (Å²) in [6, 6.07) is 10.2. The molecule has 0 atom stereocenters. The Hall–Kier alpha value is -2.66. The van der Waals surface area contributed by atoms with Crippen LogP contribution in [0.2, 0.25) is 5.02 Å². The highest BCUT2D eigenvalue weighted by Crippen LogP contribution is 2.37. The van der Waals surface area contributed by atoms with Gasteiger partial charge in [-0.05, 0) is 47.9 Å². The average Bonchev–Trinajstić information content (AvgIpc) is 2.67. The van der Waals surface area contributed by atoms with Gasteiger partial charge in [-0.25, -0.2) is 4.79 Å². The number of carboxylic acids is 1. The number of hydrogen-bond acceptors (Lipinski definition) is 4. The molecule has 0 aliphatic rings. The van der Waals surface area contributed by atoms with Crippen LogP contribution in [-0.4, -0.2) is 31.9 Å². The minimum atomic E-state index is -1.04. The lowest BCUT2D eigenvalue weighted by molar-refractivity contribution is -0.130. The predicted octanol–water partition coefficient (Wildman–Crippen LogP) is 5.16. The number of aliphatic carboxylic acids is 1. The molecule has 144 valence electrons. The van der Waals surface area contributed by atoms with Gasteiger partial charge in [0.2, 0.25) is 0 Å². The van der Waals surface area contributed by atoms with E-state index in [1.165, 1.54) is 7.11 Å². The van der Waals surface area contributed by atoms with Crippen LogP contribution in [0.25, 0.3) is 11.6 Å². The van der Waals surface area contributed by atoms with Gasteiger partial charge in [-0.2, -0.15) is 0 Å². The van der Waals surface area contributed by atoms with Crippen molar-refractivity contribution in [1.29, 1.82) is 0 Å². The molecule has 0 amide bonds. The van der Waals surface area contributed by atoms with Crippen molar-refractivity contribution in [2.24, 2.45) is 0 Å². The van der Waals surface area contributed by atoms with Crippen LogP contribution in [0.3, 0.4) is 0 Å². The third-order valence-electron chi connectivity index (χ3n) is 3.94. The first-order valence-electron chi connectivity index (χ1n) is 8.59. The Balaban J connectivity index is 2.41. The van der Waals surface area contributed by atoms with E-state index in [0.717, 1.165) is 12.8 Å². The Kier molecular flexibility index (Phi) is 7.55. The number of hydrogen-bond donors (Lipinski definition) is 1. The van der Waals surface area contributed by atoms with E-state index in [0.29, 0.717) is 40.0 Å². The van der Waals surface area contributed by atoms with Crippen LogP contribution >= 0.6 is 11.6 Å². The second-order valence-corrected chi connectivity index (χ2v) is 6.23. The molecule has 2 rings (SSSR count). The maximum absolute atomic E-state index is 11.8. The van der Waals surface area contributed by atoms with E-state index in [1.54, 1.807) is 49.6 Å². The monoisotopic (exact) mass is 390 g/mol. The Morgan fingerprint density at radius 3 is 2.41 bits per heavy atom. The van der Waals surface area contributed by atoms with E-state index in [2.05, 4.69) is 6.92 Å². The van der Waals surface area contributed by atoms with Crippen molar-refractivity contribution < 1.29 is 24.1 Å². The molecule has 0 aromatic heterocycles. The summed E-state index contributed by atoms with van der Waals surface area (Å²) >= 11 is 6.34. The fraction of sp³-hybridized carbons (Fsp3) is 0.286. The molecule has 2 aromatic rings. The summed E-state index contributed by atoms with van der Waals surface area (Å²) in [5, 5.41) is 9.99. The smallest absolute Gasteiger partial charge is 0.336 e. The molecule has 0 spiro atoms. The zero-order chi connectivity index (χ0) is 19.8. The zero-order valence-corrected chi connectivity index (χ0v) is 16.4. The summed E-state index contributed by atoms with van der Waals surface area (Å²) in [5.41, 5.74) is 1.30. The molecule has 0 saturated heterocycles. The molecule has 0 bridgehead atoms. The van der Waals surface area contributed by atoms with Crippen molar-refractivity contribution in [3.8, 4) is 17.2 Å². The first-order valence-corrected chi connectivity index (χ1v) is 8.97. The molecule has 1 N–H and O–H groups in total. The minimum absolute atomic E-state index is 0.135. The van der Waals surface area contributed by atoms with Gasteiger partial charge in [-0.15, -0.1) is 0 Å². The number of carbonyl (C=O) groups is 1. The molecule has 0 fully saturated rings. The standard InChI is InChI=1S/C21H23ClO5/c1-4-5-10-27-20-18(22)12-14(13-19(20)26-3)11-17(21(23)24)15-6-8-16(25-2)9-7-15/h6-9,11-13H,4-5,10H2,1-3H3,(H,23,24)/b17-11-. The van der Waals surface area contributed by atoms with Gasteiger partial charge in [0.15, 0.2) is 11.5 Å². The fourth-order valence-corrected chi connectivity index (χ4v) is 2.76. The SMILES string of the molecule is CCCCOc1c(Cl)cc(/C=C(\C(=O)O)c2ccc(OC)cc2)cc1OC. The van der Waals surface area contributed by atoms with Crippen molar-refractivity contribution in [2.45, 2.75) is 19.8 Å². The van der Waals surface area contributed by atoms with Gasteiger partial charge in [-0.1, -0.05) is 37.1 Å². The van der Waals surface area contributed by atoms with E-state index in [-0.39, 0.29) is 5.57 Å². The second-order valence-electron chi connectivity index (χ2n) is 5.83. The highest BCUT2D eigenvalue weighted by molar-refractivity contribution is 6.32. The van der Waals surface area contributed by atoms with Crippen molar-refractivity contribution in [2.75, 3.05) is 20.8 Å². The highest BCUT2D eigenvalue weighted by atomic mass is 35.5. The quantitative estimate of drug-likeness (QED) is 0.364. The van der Waals surface area contributed by atoms with Crippen LogP contribution in [0.1, 0.15) is 30.9 Å². The van der Waals surface area contributed by atoms with Crippen molar-refractivity contribution in [3.05, 3.63) is 52.5 Å². The Labute approximate surface area is 164 Å². The first kappa shape index (κ1) is 20.6. The van der Waals surface area contributed by atoms with Crippen LogP contribution in [0.5, 0.6) is 17.2 Å². The summed E-state index contributed by atoms with van der Waals surface area (Å²) in [5.74, 6) is 0.538. The third kappa shape index (κ3) is 5.41. The van der Waals surface area contributed by atoms with Crippen LogP contribution in [0, 0.1) is 0 Å². The van der Waals surface area contributed by atoms with Crippen LogP contribution in [0.15, 0.2) is 36.4 Å². The molecular formula is C21H23ClO5. The van der Waals surface area contributed by atoms with Crippen molar-refractivity contribution in [1.82, 2.24) is 0 Å². The van der Waals surface area contributed by atoms with Crippen LogP contribution in [-0.2, 0) is 4.79 Å². The fourth-order valence-electron chi connectivity index (χ4n) is 2.49. The molecular weight excluding hydrogens is 368 g/mol. The number of halogens is 1. The summed E-state index contributed by atoms with van der Waals surface area (Å²) < 4.78 is 16.2. The zero-order valence-electron chi connectivity index (χ0n) is 15.6. The predicted molar refractivity (Wildman–Crippen MR) is 107 cm³/mol. The number of methoxy groups -OCH3 is 2. The maximum atomic E-state index is 11.8. The molecule has 6 heteroatoms. The van der Waals surface area contributed by atoms with Crippen molar-refractivity contribution >= 4 is 29.2 Å². The van der Waals surface area contributed by atoms with Gasteiger partial charge in [0.05, 0.1) is 31.4 Å². The topological polar surface area (TPSA) is 65.0 Å². The maximum Gasteiger partial charge on any atom is 0.336 e. The molecule has 27 heavy (non-hydrogen) atoms. The molecule has 0 heterocycles. The van der Waals surface area contributed by atoms with E-state index < -0.39 is 5.97 Å². The lowest BCUT2D eigenvalue weighted by Gasteiger charge is -2.13. The molecule has 0 aliphatic heterocycles. The Morgan fingerprint density at radius 2 is 1.85 bits per heavy atom. The number of carboxylic acid groups (broad SMARTS) is 1. The number of rotatable bonds is 9. The average molecular weight is 391 g/mol. The molecule has 0 aliphatic carbocycles. The summed E-state index contributed by atoms with van der Waals surface area (Å²) in [4.78, 5) is 11.8. The summed E-state index contributed by atoms with van der Waals surface area (Å²) in [6.45, 7) is 2.61. The third-order valence-corrected chi connectivity index (χ3v) is 4.22. The van der Waals surface area contributed by atoms with Gasteiger partial charge < -0.3 is 19.3 Å². The minimum Gasteiger partial charge on any atom is -0.497 e. The Morgan fingerprint density at radius 1 is 1.15 bits per heavy atom. The van der Waals surface area contributed by atoms with E-state index in [1.807, 2.05) is 0 Å². The molecule has 0 saturated carbocycles. The molecule has 0 unspecified atom stereocenters.